The fourth-order valence-corrected chi connectivity index (χ4v) is 3.56. The quantitative estimate of drug-likeness (QED) is 0.833. The Balaban J connectivity index is 1.89. The minimum Gasteiger partial charge on any atom is -0.495 e. The van der Waals surface area contributed by atoms with E-state index in [1.165, 1.54) is 31.6 Å². The van der Waals surface area contributed by atoms with Crippen molar-refractivity contribution in [1.82, 2.24) is 4.72 Å². The van der Waals surface area contributed by atoms with Crippen LogP contribution in [-0.2, 0) is 10.0 Å². The summed E-state index contributed by atoms with van der Waals surface area (Å²) in [6.45, 7) is 1.75. The van der Waals surface area contributed by atoms with Crippen LogP contribution in [0.4, 0.5) is 5.69 Å². The highest BCUT2D eigenvalue weighted by Gasteiger charge is 2.28. The number of nitrogens with one attached hydrogen (secondary N) is 2. The number of hydrogen-bond donors (Lipinski definition) is 2. The van der Waals surface area contributed by atoms with Gasteiger partial charge in [-0.3, -0.25) is 4.79 Å². The molecule has 1 aromatic heterocycles. The van der Waals surface area contributed by atoms with Crippen LogP contribution in [0.5, 0.6) is 5.75 Å². The first-order valence-electron chi connectivity index (χ1n) is 7.46. The Labute approximate surface area is 140 Å². The third kappa shape index (κ3) is 3.44. The third-order valence-corrected chi connectivity index (χ3v) is 5.22. The lowest BCUT2D eigenvalue weighted by atomic mass is 10.2. The van der Waals surface area contributed by atoms with Gasteiger partial charge in [0.25, 0.3) is 5.91 Å². The summed E-state index contributed by atoms with van der Waals surface area (Å²) in [6, 6.07) is 6.00. The average Bonchev–Trinajstić information content (AvgIpc) is 3.23. The second kappa shape index (κ2) is 6.29. The van der Waals surface area contributed by atoms with Crippen molar-refractivity contribution in [1.29, 1.82) is 0 Å². The van der Waals surface area contributed by atoms with Crippen LogP contribution in [0.2, 0.25) is 0 Å². The zero-order valence-corrected chi connectivity index (χ0v) is 14.1. The number of ether oxygens (including phenoxy) is 1. The van der Waals surface area contributed by atoms with Crippen molar-refractivity contribution in [3.05, 3.63) is 41.9 Å². The number of amides is 1. The van der Waals surface area contributed by atoms with E-state index in [1.807, 2.05) is 0 Å². The molecular weight excluding hydrogens is 332 g/mol. The molecule has 24 heavy (non-hydrogen) atoms. The first-order valence-corrected chi connectivity index (χ1v) is 8.95. The summed E-state index contributed by atoms with van der Waals surface area (Å²) in [6.07, 6.45) is 3.11. The Bertz CT molecular complexity index is 868. The van der Waals surface area contributed by atoms with Crippen molar-refractivity contribution in [2.45, 2.75) is 30.7 Å². The Morgan fingerprint density at radius 1 is 1.29 bits per heavy atom. The number of sulfonamides is 1. The van der Waals surface area contributed by atoms with Gasteiger partial charge in [0.15, 0.2) is 5.76 Å². The van der Waals surface area contributed by atoms with Crippen molar-refractivity contribution >= 4 is 21.6 Å². The van der Waals surface area contributed by atoms with Crippen LogP contribution in [0.15, 0.2) is 39.8 Å². The number of rotatable bonds is 6. The molecule has 0 unspecified atom stereocenters. The highest BCUT2D eigenvalue weighted by Crippen LogP contribution is 2.29. The Hall–Kier alpha value is -2.32. The summed E-state index contributed by atoms with van der Waals surface area (Å²) in [5.41, 5.74) is 0.947. The van der Waals surface area contributed by atoms with Gasteiger partial charge in [0.2, 0.25) is 10.0 Å². The first kappa shape index (κ1) is 16.5. The molecule has 0 aliphatic heterocycles. The van der Waals surface area contributed by atoms with Crippen LogP contribution in [-0.4, -0.2) is 27.5 Å². The second-order valence-electron chi connectivity index (χ2n) is 5.64. The molecule has 0 saturated heterocycles. The summed E-state index contributed by atoms with van der Waals surface area (Å²) < 4.78 is 37.6. The molecule has 1 fully saturated rings. The van der Waals surface area contributed by atoms with Crippen LogP contribution in [0.3, 0.4) is 0 Å². The summed E-state index contributed by atoms with van der Waals surface area (Å²) in [5, 5.41) is 2.64. The highest BCUT2D eigenvalue weighted by molar-refractivity contribution is 7.89. The molecule has 1 aliphatic rings. The monoisotopic (exact) mass is 350 g/mol. The molecule has 1 aromatic carbocycles. The molecule has 128 valence electrons. The lowest BCUT2D eigenvalue weighted by Gasteiger charge is -2.12. The maximum Gasteiger partial charge on any atom is 0.291 e. The van der Waals surface area contributed by atoms with Gasteiger partial charge in [-0.25, -0.2) is 13.1 Å². The SMILES string of the molecule is COc1ccc(S(=O)(=O)NC2CC2)cc1NC(=O)c1occc1C. The predicted octanol–water partition coefficient (Wildman–Crippen LogP) is 2.29. The van der Waals surface area contributed by atoms with Gasteiger partial charge in [-0.2, -0.15) is 0 Å². The van der Waals surface area contributed by atoms with Gasteiger partial charge in [-0.05, 0) is 44.0 Å². The van der Waals surface area contributed by atoms with Crippen LogP contribution >= 0.6 is 0 Å². The van der Waals surface area contributed by atoms with E-state index < -0.39 is 15.9 Å². The molecular formula is C16H18N2O5S. The molecule has 1 saturated carbocycles. The van der Waals surface area contributed by atoms with Crippen molar-refractivity contribution in [3.63, 3.8) is 0 Å². The molecule has 0 atom stereocenters. The van der Waals surface area contributed by atoms with E-state index in [-0.39, 0.29) is 22.4 Å². The largest absolute Gasteiger partial charge is 0.495 e. The molecule has 8 heteroatoms. The van der Waals surface area contributed by atoms with Gasteiger partial charge < -0.3 is 14.5 Å². The van der Waals surface area contributed by atoms with E-state index in [9.17, 15) is 13.2 Å². The Morgan fingerprint density at radius 3 is 2.62 bits per heavy atom. The lowest BCUT2D eigenvalue weighted by molar-refractivity contribution is 0.0995. The molecule has 1 heterocycles. The van der Waals surface area contributed by atoms with Gasteiger partial charge in [-0.15, -0.1) is 0 Å². The van der Waals surface area contributed by atoms with Gasteiger partial charge in [-0.1, -0.05) is 0 Å². The molecule has 1 amide bonds. The molecule has 7 nitrogen and oxygen atoms in total. The zero-order chi connectivity index (χ0) is 17.3. The van der Waals surface area contributed by atoms with E-state index in [0.717, 1.165) is 12.8 Å². The molecule has 0 spiro atoms. The molecule has 2 aromatic rings. The molecule has 1 aliphatic carbocycles. The van der Waals surface area contributed by atoms with Crippen LogP contribution in [0, 0.1) is 6.92 Å². The molecule has 0 radical (unpaired) electrons. The Morgan fingerprint density at radius 2 is 2.04 bits per heavy atom. The zero-order valence-electron chi connectivity index (χ0n) is 13.3. The van der Waals surface area contributed by atoms with Crippen molar-refractivity contribution in [2.75, 3.05) is 12.4 Å². The standard InChI is InChI=1S/C16H18N2O5S/c1-10-7-8-23-15(10)16(19)17-13-9-12(5-6-14(13)22-2)24(20,21)18-11-3-4-11/h5-9,11,18H,3-4H2,1-2H3,(H,17,19). The number of carbonyl (C=O) groups excluding carboxylic acids is 1. The predicted molar refractivity (Wildman–Crippen MR) is 87.7 cm³/mol. The number of methoxy groups -OCH3 is 1. The van der Waals surface area contributed by atoms with E-state index in [2.05, 4.69) is 10.0 Å². The summed E-state index contributed by atoms with van der Waals surface area (Å²) in [5.74, 6) is 0.0554. The number of carbonyl (C=O) groups is 1. The van der Waals surface area contributed by atoms with Crippen molar-refractivity contribution in [3.8, 4) is 5.75 Å². The topological polar surface area (TPSA) is 97.6 Å². The fraction of sp³-hybridized carbons (Fsp3) is 0.312. The Kier molecular flexibility index (Phi) is 4.33. The van der Waals surface area contributed by atoms with Gasteiger partial charge in [0, 0.05) is 11.6 Å². The van der Waals surface area contributed by atoms with E-state index >= 15 is 0 Å². The molecule has 3 rings (SSSR count). The number of benzene rings is 1. The lowest BCUT2D eigenvalue weighted by Crippen LogP contribution is -2.26. The maximum atomic E-state index is 12.3. The van der Waals surface area contributed by atoms with Crippen molar-refractivity contribution in [2.24, 2.45) is 0 Å². The number of aryl methyl sites for hydroxylation is 1. The fourth-order valence-electron chi connectivity index (χ4n) is 2.23. The maximum absolute atomic E-state index is 12.3. The summed E-state index contributed by atoms with van der Waals surface area (Å²) in [7, 11) is -2.18. The van der Waals surface area contributed by atoms with Crippen molar-refractivity contribution < 1.29 is 22.4 Å². The second-order valence-corrected chi connectivity index (χ2v) is 7.36. The van der Waals surface area contributed by atoms with Gasteiger partial charge in [0.1, 0.15) is 5.75 Å². The summed E-state index contributed by atoms with van der Waals surface area (Å²) >= 11 is 0. The van der Waals surface area contributed by atoms with E-state index in [1.54, 1.807) is 13.0 Å². The number of hydrogen-bond acceptors (Lipinski definition) is 5. The van der Waals surface area contributed by atoms with Crippen LogP contribution < -0.4 is 14.8 Å². The number of furan rings is 1. The third-order valence-electron chi connectivity index (χ3n) is 3.70. The van der Waals surface area contributed by atoms with E-state index in [0.29, 0.717) is 11.3 Å². The minimum absolute atomic E-state index is 0.000844. The minimum atomic E-state index is -3.62. The van der Waals surface area contributed by atoms with Crippen LogP contribution in [0.1, 0.15) is 29.0 Å². The van der Waals surface area contributed by atoms with E-state index in [4.69, 9.17) is 9.15 Å². The van der Waals surface area contributed by atoms with Gasteiger partial charge in [0.05, 0.1) is 24.0 Å². The first-order chi connectivity index (χ1) is 11.4. The molecule has 2 N–H and O–H groups in total. The number of anilines is 1. The highest BCUT2D eigenvalue weighted by atomic mass is 32.2. The molecule has 0 bridgehead atoms. The van der Waals surface area contributed by atoms with Crippen LogP contribution in [0.25, 0.3) is 0 Å². The normalized spacial score (nSPS) is 14.4. The van der Waals surface area contributed by atoms with Gasteiger partial charge >= 0.3 is 0 Å². The average molecular weight is 350 g/mol. The summed E-state index contributed by atoms with van der Waals surface area (Å²) in [4.78, 5) is 12.4. The smallest absolute Gasteiger partial charge is 0.291 e.